The van der Waals surface area contributed by atoms with Crippen molar-refractivity contribution in [2.45, 2.75) is 105 Å². The number of carbonyl (C=O) groups is 3. The van der Waals surface area contributed by atoms with Crippen LogP contribution >= 0.6 is 31.9 Å². The average molecular weight is 703 g/mol. The van der Waals surface area contributed by atoms with Crippen molar-refractivity contribution in [2.24, 2.45) is 0 Å². The van der Waals surface area contributed by atoms with Gasteiger partial charge in [-0.25, -0.2) is 14.4 Å². The van der Waals surface area contributed by atoms with Crippen molar-refractivity contribution in [2.75, 3.05) is 23.7 Å². The first-order valence-electron chi connectivity index (χ1n) is 11.4. The van der Waals surface area contributed by atoms with Gasteiger partial charge in [0.2, 0.25) is 0 Å². The topological polar surface area (TPSA) is 128 Å². The van der Waals surface area contributed by atoms with Crippen molar-refractivity contribution in [3.05, 3.63) is 0 Å². The van der Waals surface area contributed by atoms with E-state index in [0.717, 1.165) is 30.0 Å². The lowest BCUT2D eigenvalue weighted by atomic mass is 10.2. The molecular formula is C23H47Br3N2O7. The monoisotopic (exact) mass is 700 g/mol. The maximum atomic E-state index is 11.1. The maximum Gasteiger partial charge on any atom is 0.519 e. The van der Waals surface area contributed by atoms with Crippen LogP contribution in [-0.4, -0.2) is 59.0 Å². The fourth-order valence-corrected chi connectivity index (χ4v) is 2.40. The molecule has 0 aromatic carbocycles. The number of alkyl carbamates (subject to hydrolysis) is 1. The number of nitrogens with one attached hydrogen (secondary N) is 1. The number of hydrogen-bond acceptors (Lipinski definition) is 7. The summed E-state index contributed by atoms with van der Waals surface area (Å²) in [6.07, 6.45) is 2.12. The average Bonchev–Trinajstić information content (AvgIpc) is 2.59. The van der Waals surface area contributed by atoms with Crippen LogP contribution in [-0.2, 0) is 18.9 Å². The van der Waals surface area contributed by atoms with Gasteiger partial charge in [-0.3, -0.25) is 0 Å². The minimum absolute atomic E-state index is 0. The summed E-state index contributed by atoms with van der Waals surface area (Å²) in [4.78, 5) is 33.1. The van der Waals surface area contributed by atoms with E-state index >= 15 is 0 Å². The summed E-state index contributed by atoms with van der Waals surface area (Å²) in [7, 11) is 0. The summed E-state index contributed by atoms with van der Waals surface area (Å²) in [5.41, 5.74) is 1.91. The zero-order valence-electron chi connectivity index (χ0n) is 22.9. The Morgan fingerprint density at radius 1 is 0.686 bits per heavy atom. The smallest absolute Gasteiger partial charge is 0.519 e. The van der Waals surface area contributed by atoms with Crippen LogP contribution in [0.5, 0.6) is 0 Å². The predicted molar refractivity (Wildman–Crippen MR) is 142 cm³/mol. The van der Waals surface area contributed by atoms with Crippen LogP contribution < -0.4 is 28.0 Å². The van der Waals surface area contributed by atoms with E-state index in [4.69, 9.17) is 14.2 Å². The van der Waals surface area contributed by atoms with Gasteiger partial charge in [0.1, 0.15) is 16.8 Å². The molecule has 0 aliphatic rings. The fraction of sp³-hybridized carbons (Fsp3) is 0.870. The van der Waals surface area contributed by atoms with E-state index < -0.39 is 29.1 Å². The van der Waals surface area contributed by atoms with E-state index in [1.165, 1.54) is 12.8 Å². The van der Waals surface area contributed by atoms with E-state index in [1.54, 1.807) is 41.5 Å². The lowest BCUT2D eigenvalue weighted by Gasteiger charge is -2.20. The van der Waals surface area contributed by atoms with Gasteiger partial charge in [0.25, 0.3) is 0 Å². The molecule has 0 spiro atoms. The molecule has 0 saturated carbocycles. The molecule has 0 atom stereocenters. The number of amides is 1. The molecule has 0 aromatic heterocycles. The van der Waals surface area contributed by atoms with Crippen LogP contribution in [0.1, 0.15) is 88.0 Å². The van der Waals surface area contributed by atoms with Crippen molar-refractivity contribution >= 4 is 50.3 Å². The molecule has 0 radical (unpaired) electrons. The normalized spacial score (nSPS) is 10.7. The SMILES string of the molecule is CC(C)(C)OC(=O)NCCCCBr.CC(C)(C)OC(=O)OC(=O)OC(C)(C)C.[Br-].[NH3+]CCCCBr. The highest BCUT2D eigenvalue weighted by atomic mass is 79.9. The first-order chi connectivity index (χ1) is 15.4. The number of alkyl halides is 2. The van der Waals surface area contributed by atoms with Crippen molar-refractivity contribution in [3.8, 4) is 0 Å². The van der Waals surface area contributed by atoms with Crippen molar-refractivity contribution in [1.29, 1.82) is 0 Å². The van der Waals surface area contributed by atoms with Gasteiger partial charge in [-0.1, -0.05) is 31.9 Å². The molecule has 0 aliphatic carbocycles. The minimum Gasteiger partial charge on any atom is -1.00 e. The second-order valence-electron chi connectivity index (χ2n) is 10.1. The molecule has 0 fully saturated rings. The number of ether oxygens (including phenoxy) is 4. The van der Waals surface area contributed by atoms with E-state index in [-0.39, 0.29) is 23.1 Å². The fourth-order valence-electron chi connectivity index (χ4n) is 1.61. The van der Waals surface area contributed by atoms with Gasteiger partial charge >= 0.3 is 18.4 Å². The number of quaternary nitrogens is 1. The van der Waals surface area contributed by atoms with Crippen LogP contribution in [0.15, 0.2) is 0 Å². The Labute approximate surface area is 239 Å². The van der Waals surface area contributed by atoms with Gasteiger partial charge in [-0.05, 0) is 88.0 Å². The number of unbranched alkanes of at least 4 members (excludes halogenated alkanes) is 2. The number of hydrogen-bond donors (Lipinski definition) is 2. The van der Waals surface area contributed by atoms with Crippen molar-refractivity contribution in [3.63, 3.8) is 0 Å². The Balaban J connectivity index is -0.000000220. The molecule has 0 aromatic rings. The van der Waals surface area contributed by atoms with Crippen LogP contribution in [0, 0.1) is 0 Å². The van der Waals surface area contributed by atoms with Crippen molar-refractivity contribution < 1.29 is 56.0 Å². The number of carbonyl (C=O) groups excluding carboxylic acids is 3. The maximum absolute atomic E-state index is 11.1. The Morgan fingerprint density at radius 2 is 1.06 bits per heavy atom. The number of halogens is 3. The predicted octanol–water partition coefficient (Wildman–Crippen LogP) is 2.97. The lowest BCUT2D eigenvalue weighted by molar-refractivity contribution is -0.368. The molecule has 0 heterocycles. The molecule has 0 aliphatic heterocycles. The Hall–Kier alpha value is -0.590. The van der Waals surface area contributed by atoms with Gasteiger partial charge in [0.05, 0.1) is 6.54 Å². The molecular weight excluding hydrogens is 656 g/mol. The summed E-state index contributed by atoms with van der Waals surface area (Å²) in [5.74, 6) is 0. The van der Waals surface area contributed by atoms with Gasteiger partial charge in [-0.2, -0.15) is 0 Å². The van der Waals surface area contributed by atoms with Gasteiger partial charge in [-0.15, -0.1) is 0 Å². The van der Waals surface area contributed by atoms with Crippen LogP contribution in [0.4, 0.5) is 14.4 Å². The summed E-state index contributed by atoms with van der Waals surface area (Å²) in [5, 5.41) is 4.79. The molecule has 1 amide bonds. The highest BCUT2D eigenvalue weighted by Gasteiger charge is 2.24. The third-order valence-corrected chi connectivity index (χ3v) is 3.93. The van der Waals surface area contributed by atoms with Crippen LogP contribution in [0.3, 0.4) is 0 Å². The lowest BCUT2D eigenvalue weighted by Crippen LogP contribution is -3.00. The Bertz CT molecular complexity index is 529. The second kappa shape index (κ2) is 22.6. The molecule has 9 nitrogen and oxygen atoms in total. The van der Waals surface area contributed by atoms with Gasteiger partial charge < -0.3 is 47.0 Å². The third kappa shape index (κ3) is 43.9. The minimum atomic E-state index is -1.06. The first-order valence-corrected chi connectivity index (χ1v) is 13.6. The highest BCUT2D eigenvalue weighted by Crippen LogP contribution is 2.11. The molecule has 4 N–H and O–H groups in total. The van der Waals surface area contributed by atoms with Crippen molar-refractivity contribution in [1.82, 2.24) is 5.32 Å². The molecule has 12 heteroatoms. The summed E-state index contributed by atoms with van der Waals surface area (Å²) < 4.78 is 18.9. The Morgan fingerprint density at radius 3 is 1.34 bits per heavy atom. The standard InChI is InChI=1S/C10H18O5.C9H18BrNO2.C4H10BrN.BrH/c1-9(2,3)14-7(11)13-8(12)15-10(4,5)6;1-9(2,3)13-8(12)11-7-5-4-6-10;5-3-1-2-4-6;/h1-6H3;4-7H2,1-3H3,(H,11,12);1-4,6H2;1H. The molecule has 0 bridgehead atoms. The zero-order valence-corrected chi connectivity index (χ0v) is 27.6. The summed E-state index contributed by atoms with van der Waals surface area (Å²) >= 11 is 6.64. The molecule has 35 heavy (non-hydrogen) atoms. The van der Waals surface area contributed by atoms with Gasteiger partial charge in [0, 0.05) is 17.2 Å². The van der Waals surface area contributed by atoms with E-state index in [9.17, 15) is 14.4 Å². The number of rotatable bonds is 7. The molecule has 0 rings (SSSR count). The van der Waals surface area contributed by atoms with E-state index in [2.05, 4.69) is 47.6 Å². The Kier molecular flexibility index (Phi) is 26.8. The largest absolute Gasteiger partial charge is 1.00 e. The second-order valence-corrected chi connectivity index (χ2v) is 11.7. The van der Waals surface area contributed by atoms with E-state index in [1.807, 2.05) is 20.8 Å². The van der Waals surface area contributed by atoms with E-state index in [0.29, 0.717) is 6.54 Å². The highest BCUT2D eigenvalue weighted by molar-refractivity contribution is 9.09. The quantitative estimate of drug-likeness (QED) is 0.137. The third-order valence-electron chi connectivity index (χ3n) is 2.81. The molecule has 212 valence electrons. The summed E-state index contributed by atoms with van der Waals surface area (Å²) in [6.45, 7) is 17.3. The van der Waals surface area contributed by atoms with Crippen LogP contribution in [0.25, 0.3) is 0 Å². The molecule has 0 saturated heterocycles. The first kappa shape index (κ1) is 41.5. The zero-order chi connectivity index (χ0) is 27.4. The summed E-state index contributed by atoms with van der Waals surface area (Å²) in [6, 6.07) is 0. The van der Waals surface area contributed by atoms with Gasteiger partial charge in [0.15, 0.2) is 0 Å². The van der Waals surface area contributed by atoms with Crippen LogP contribution in [0.2, 0.25) is 0 Å². The molecule has 0 unspecified atom stereocenters.